The molecule has 2 aromatic carbocycles. The summed E-state index contributed by atoms with van der Waals surface area (Å²) < 4.78 is 42.0. The molecule has 0 saturated heterocycles. The van der Waals surface area contributed by atoms with Crippen molar-refractivity contribution < 1.29 is 18.0 Å². The summed E-state index contributed by atoms with van der Waals surface area (Å²) in [7, 11) is 0. The number of hydrogen-bond acceptors (Lipinski definition) is 6. The van der Waals surface area contributed by atoms with E-state index in [1.54, 1.807) is 18.3 Å². The molecule has 1 atom stereocenters. The predicted molar refractivity (Wildman–Crippen MR) is 133 cm³/mol. The molecule has 10 heteroatoms. The Morgan fingerprint density at radius 1 is 1.08 bits per heavy atom. The number of primary amides is 1. The standard InChI is InChI=1S/C26H21F3N6O/c1-2-20-14-7-3-4-8-15(14)24(33-20)35-25-22-13(6-5-9-32-22)10-21(34-25)16-11-17(23(31)36)19(30)12-18(16)26(27,28)29/h3-12,20H,2,30H2,1H3,(H2,31,36)(H,33,34,35). The highest BCUT2D eigenvalue weighted by Crippen LogP contribution is 2.40. The minimum atomic E-state index is -4.75. The maximum Gasteiger partial charge on any atom is 0.417 e. The number of pyridine rings is 2. The van der Waals surface area contributed by atoms with Gasteiger partial charge in [-0.05, 0) is 36.2 Å². The molecule has 182 valence electrons. The molecule has 36 heavy (non-hydrogen) atoms. The monoisotopic (exact) mass is 490 g/mol. The summed E-state index contributed by atoms with van der Waals surface area (Å²) in [5, 5.41) is 3.75. The molecule has 4 aromatic rings. The number of alkyl halides is 3. The third-order valence-corrected chi connectivity index (χ3v) is 6.11. The fourth-order valence-corrected chi connectivity index (χ4v) is 4.41. The number of nitrogens with two attached hydrogens (primary N) is 2. The first-order valence-corrected chi connectivity index (χ1v) is 11.2. The number of rotatable bonds is 4. The van der Waals surface area contributed by atoms with Crippen LogP contribution in [0.25, 0.3) is 22.2 Å². The van der Waals surface area contributed by atoms with Gasteiger partial charge < -0.3 is 16.8 Å². The quantitative estimate of drug-likeness (QED) is 0.335. The van der Waals surface area contributed by atoms with Crippen molar-refractivity contribution in [3.8, 4) is 11.3 Å². The molecule has 2 aromatic heterocycles. The lowest BCUT2D eigenvalue weighted by Gasteiger charge is -2.17. The van der Waals surface area contributed by atoms with Crippen LogP contribution < -0.4 is 16.8 Å². The molecule has 0 fully saturated rings. The van der Waals surface area contributed by atoms with Crippen LogP contribution in [0.2, 0.25) is 0 Å². The van der Waals surface area contributed by atoms with Crippen molar-refractivity contribution in [3.63, 3.8) is 0 Å². The number of benzene rings is 2. The number of aromatic nitrogens is 2. The summed E-state index contributed by atoms with van der Waals surface area (Å²) in [6.07, 6.45) is -2.39. The second kappa shape index (κ2) is 8.63. The largest absolute Gasteiger partial charge is 0.417 e. The smallest absolute Gasteiger partial charge is 0.398 e. The van der Waals surface area contributed by atoms with Crippen molar-refractivity contribution in [1.82, 2.24) is 9.97 Å². The minimum Gasteiger partial charge on any atom is -0.398 e. The number of hydrogen-bond donors (Lipinski definition) is 3. The molecule has 1 aliphatic heterocycles. The van der Waals surface area contributed by atoms with Crippen molar-refractivity contribution in [2.24, 2.45) is 10.7 Å². The van der Waals surface area contributed by atoms with Crippen molar-refractivity contribution in [1.29, 1.82) is 0 Å². The highest BCUT2D eigenvalue weighted by Gasteiger charge is 2.35. The van der Waals surface area contributed by atoms with Gasteiger partial charge >= 0.3 is 6.18 Å². The number of nitrogens with one attached hydrogen (secondary N) is 1. The van der Waals surface area contributed by atoms with E-state index < -0.39 is 17.6 Å². The molecule has 7 nitrogen and oxygen atoms in total. The van der Waals surface area contributed by atoms with Crippen molar-refractivity contribution >= 4 is 34.2 Å². The highest BCUT2D eigenvalue weighted by atomic mass is 19.4. The van der Waals surface area contributed by atoms with E-state index in [1.807, 2.05) is 31.2 Å². The van der Waals surface area contributed by atoms with Gasteiger partial charge in [0.1, 0.15) is 11.4 Å². The van der Waals surface area contributed by atoms with Gasteiger partial charge in [0, 0.05) is 28.4 Å². The Kier molecular flexibility index (Phi) is 5.58. The van der Waals surface area contributed by atoms with Gasteiger partial charge in [0.25, 0.3) is 5.91 Å². The molecule has 1 amide bonds. The molecule has 5 rings (SSSR count). The molecule has 0 saturated carbocycles. The number of aliphatic imine (C=N–C) groups is 1. The Labute approximate surface area is 204 Å². The Morgan fingerprint density at radius 3 is 2.58 bits per heavy atom. The minimum absolute atomic E-state index is 0.0215. The number of amidine groups is 1. The van der Waals surface area contributed by atoms with E-state index >= 15 is 0 Å². The number of anilines is 2. The van der Waals surface area contributed by atoms with Crippen LogP contribution >= 0.6 is 0 Å². The molecular weight excluding hydrogens is 469 g/mol. The zero-order valence-corrected chi connectivity index (χ0v) is 19.1. The van der Waals surface area contributed by atoms with Crippen LogP contribution in [0.4, 0.5) is 24.7 Å². The van der Waals surface area contributed by atoms with E-state index in [9.17, 15) is 18.0 Å². The van der Waals surface area contributed by atoms with Gasteiger partial charge in [-0.25, -0.2) is 4.98 Å². The fourth-order valence-electron chi connectivity index (χ4n) is 4.41. The van der Waals surface area contributed by atoms with E-state index in [0.717, 1.165) is 23.6 Å². The molecule has 1 aliphatic rings. The van der Waals surface area contributed by atoms with Gasteiger partial charge in [-0.1, -0.05) is 37.3 Å². The number of carbonyl (C=O) groups excluding carboxylic acids is 1. The molecular formula is C26H21F3N6O. The predicted octanol–water partition coefficient (Wildman–Crippen LogP) is 5.32. The number of nitrogen functional groups attached to an aromatic ring is 1. The number of halogens is 3. The summed E-state index contributed by atoms with van der Waals surface area (Å²) in [5.74, 6) is -0.148. The van der Waals surface area contributed by atoms with Crippen LogP contribution in [0.5, 0.6) is 0 Å². The van der Waals surface area contributed by atoms with Gasteiger partial charge in [-0.2, -0.15) is 13.2 Å². The van der Waals surface area contributed by atoms with Crippen LogP contribution in [-0.4, -0.2) is 21.7 Å². The lowest BCUT2D eigenvalue weighted by Crippen LogP contribution is -2.17. The topological polar surface area (TPSA) is 119 Å². The number of amides is 1. The first kappa shape index (κ1) is 23.3. The van der Waals surface area contributed by atoms with Gasteiger partial charge in [-0.3, -0.25) is 14.8 Å². The number of fused-ring (bicyclic) bond motifs is 2. The Balaban J connectivity index is 1.71. The average molecular weight is 490 g/mol. The van der Waals surface area contributed by atoms with Crippen LogP contribution in [0.1, 0.15) is 46.4 Å². The molecule has 3 heterocycles. The van der Waals surface area contributed by atoms with Gasteiger partial charge in [0.15, 0.2) is 5.82 Å². The third-order valence-electron chi connectivity index (χ3n) is 6.11. The molecule has 0 bridgehead atoms. The summed E-state index contributed by atoms with van der Waals surface area (Å²) in [4.78, 5) is 25.5. The van der Waals surface area contributed by atoms with E-state index in [4.69, 9.17) is 16.5 Å². The lowest BCUT2D eigenvalue weighted by atomic mass is 9.97. The van der Waals surface area contributed by atoms with Crippen LogP contribution in [0.15, 0.2) is 65.8 Å². The highest BCUT2D eigenvalue weighted by molar-refractivity contribution is 6.13. The Bertz CT molecular complexity index is 1550. The van der Waals surface area contributed by atoms with Gasteiger partial charge in [0.2, 0.25) is 0 Å². The normalized spacial score (nSPS) is 15.0. The van der Waals surface area contributed by atoms with E-state index in [0.29, 0.717) is 22.8 Å². The van der Waals surface area contributed by atoms with Crippen molar-refractivity contribution in [2.75, 3.05) is 11.1 Å². The molecule has 0 aliphatic carbocycles. The lowest BCUT2D eigenvalue weighted by molar-refractivity contribution is -0.137. The second-order valence-corrected chi connectivity index (χ2v) is 8.39. The summed E-state index contributed by atoms with van der Waals surface area (Å²) in [6.45, 7) is 2.03. The van der Waals surface area contributed by atoms with E-state index in [2.05, 4.69) is 15.3 Å². The molecule has 0 radical (unpaired) electrons. The van der Waals surface area contributed by atoms with Gasteiger partial charge in [-0.15, -0.1) is 0 Å². The zero-order chi connectivity index (χ0) is 25.6. The second-order valence-electron chi connectivity index (χ2n) is 8.39. The SMILES string of the molecule is CCC1N=C(Nc2nc(-c3cc(C(N)=O)c(N)cc3C(F)(F)F)cc3cccnc23)c2ccccc21. The van der Waals surface area contributed by atoms with Crippen molar-refractivity contribution in [2.45, 2.75) is 25.6 Å². The van der Waals surface area contributed by atoms with Gasteiger partial charge in [0.05, 0.1) is 22.9 Å². The summed E-state index contributed by atoms with van der Waals surface area (Å²) in [6, 6.07) is 14.3. The van der Waals surface area contributed by atoms with E-state index in [-0.39, 0.29) is 34.4 Å². The fraction of sp³-hybridized carbons (Fsp3) is 0.154. The molecule has 5 N–H and O–H groups in total. The number of carbonyl (C=O) groups is 1. The maximum atomic E-state index is 14.0. The zero-order valence-electron chi connectivity index (χ0n) is 19.1. The summed E-state index contributed by atoms with van der Waals surface area (Å²) in [5.41, 5.74) is 11.5. The van der Waals surface area contributed by atoms with Crippen LogP contribution in [0, 0.1) is 0 Å². The maximum absolute atomic E-state index is 14.0. The first-order chi connectivity index (χ1) is 17.2. The first-order valence-electron chi connectivity index (χ1n) is 11.2. The molecule has 1 unspecified atom stereocenters. The van der Waals surface area contributed by atoms with Crippen LogP contribution in [-0.2, 0) is 6.18 Å². The molecule has 0 spiro atoms. The Hall–Kier alpha value is -4.47. The van der Waals surface area contributed by atoms with Crippen molar-refractivity contribution in [3.05, 3.63) is 83.0 Å². The van der Waals surface area contributed by atoms with E-state index in [1.165, 1.54) is 6.07 Å². The Morgan fingerprint density at radius 2 is 1.86 bits per heavy atom. The number of nitrogens with zero attached hydrogens (tertiary/aromatic N) is 3. The summed E-state index contributed by atoms with van der Waals surface area (Å²) >= 11 is 0. The third kappa shape index (κ3) is 4.00. The average Bonchev–Trinajstić information content (AvgIpc) is 3.20. The van der Waals surface area contributed by atoms with Crippen LogP contribution in [0.3, 0.4) is 0 Å².